The van der Waals surface area contributed by atoms with Crippen molar-refractivity contribution >= 4 is 28.8 Å². The minimum absolute atomic E-state index is 0.264. The maximum Gasteiger partial charge on any atom is 0.153 e. The van der Waals surface area contributed by atoms with Crippen LogP contribution < -0.4 is 0 Å². The molecule has 0 unspecified atom stereocenters. The maximum absolute atomic E-state index is 13.4. The van der Waals surface area contributed by atoms with Crippen LogP contribution in [0.1, 0.15) is 10.4 Å². The number of nitrogens with zero attached hydrogens (tertiary/aromatic N) is 1. The van der Waals surface area contributed by atoms with E-state index in [1.165, 1.54) is 10.6 Å². The third-order valence-corrected chi connectivity index (χ3v) is 2.70. The largest absolute Gasteiger partial charge is 0.332 e. The van der Waals surface area contributed by atoms with Crippen molar-refractivity contribution in [3.05, 3.63) is 34.7 Å². The number of carbonyl (C=O) groups is 1. The minimum Gasteiger partial charge on any atom is -0.332 e. The van der Waals surface area contributed by atoms with Gasteiger partial charge in [0, 0.05) is 12.4 Å². The summed E-state index contributed by atoms with van der Waals surface area (Å²) in [6.45, 7) is 0. The Morgan fingerprint density at radius 3 is 2.86 bits per heavy atom. The molecule has 0 spiro atoms. The number of para-hydroxylation sites is 1. The number of hydrogen-bond acceptors (Lipinski definition) is 1. The maximum atomic E-state index is 13.4. The molecule has 0 saturated heterocycles. The fourth-order valence-corrected chi connectivity index (χ4v) is 1.81. The third-order valence-electron chi connectivity index (χ3n) is 2.25. The monoisotopic (exact) mass is 211 g/mol. The summed E-state index contributed by atoms with van der Waals surface area (Å²) in [6, 6.07) is 4.57. The second-order valence-electron chi connectivity index (χ2n) is 3.02. The lowest BCUT2D eigenvalue weighted by Gasteiger charge is -1.97. The van der Waals surface area contributed by atoms with Gasteiger partial charge in [0.25, 0.3) is 0 Å². The van der Waals surface area contributed by atoms with Crippen LogP contribution >= 0.6 is 11.6 Å². The normalized spacial score (nSPS) is 10.8. The van der Waals surface area contributed by atoms with E-state index in [9.17, 15) is 9.18 Å². The minimum atomic E-state index is -0.375. The Bertz CT molecular complexity index is 518. The van der Waals surface area contributed by atoms with E-state index in [-0.39, 0.29) is 11.0 Å². The Morgan fingerprint density at radius 1 is 1.50 bits per heavy atom. The van der Waals surface area contributed by atoms with Crippen molar-refractivity contribution in [3.8, 4) is 0 Å². The quantitative estimate of drug-likeness (QED) is 0.665. The molecule has 1 aromatic heterocycles. The van der Waals surface area contributed by atoms with Crippen molar-refractivity contribution in [1.82, 2.24) is 4.57 Å². The Labute approximate surface area is 84.9 Å². The van der Waals surface area contributed by atoms with Crippen LogP contribution in [0.2, 0.25) is 5.15 Å². The molecule has 0 amide bonds. The molecule has 2 aromatic rings. The van der Waals surface area contributed by atoms with E-state index in [1.54, 1.807) is 19.2 Å². The van der Waals surface area contributed by atoms with Crippen molar-refractivity contribution in [2.45, 2.75) is 0 Å². The molecule has 0 radical (unpaired) electrons. The zero-order valence-corrected chi connectivity index (χ0v) is 8.18. The number of carbonyl (C=O) groups excluding carboxylic acids is 1. The summed E-state index contributed by atoms with van der Waals surface area (Å²) in [7, 11) is 1.63. The molecule has 4 heteroatoms. The second-order valence-corrected chi connectivity index (χ2v) is 3.38. The van der Waals surface area contributed by atoms with Gasteiger partial charge in [-0.2, -0.15) is 0 Å². The summed E-state index contributed by atoms with van der Waals surface area (Å²) in [5.74, 6) is -0.375. The van der Waals surface area contributed by atoms with Gasteiger partial charge in [-0.05, 0) is 6.07 Å². The number of hydrogen-bond donors (Lipinski definition) is 0. The molecule has 72 valence electrons. The van der Waals surface area contributed by atoms with Crippen LogP contribution in [0.3, 0.4) is 0 Å². The van der Waals surface area contributed by atoms with Gasteiger partial charge in [-0.25, -0.2) is 4.39 Å². The molecule has 2 rings (SSSR count). The molecular formula is C10H7ClFNO. The molecule has 0 bridgehead atoms. The first-order chi connectivity index (χ1) is 6.66. The fourth-order valence-electron chi connectivity index (χ4n) is 1.58. The van der Waals surface area contributed by atoms with Gasteiger partial charge in [-0.15, -0.1) is 0 Å². The molecule has 0 atom stereocenters. The summed E-state index contributed by atoms with van der Waals surface area (Å²) >= 11 is 5.87. The van der Waals surface area contributed by atoms with E-state index in [4.69, 9.17) is 11.6 Å². The Balaban J connectivity index is 3.02. The number of rotatable bonds is 1. The Kier molecular flexibility index (Phi) is 2.04. The molecule has 2 nitrogen and oxygen atoms in total. The zero-order chi connectivity index (χ0) is 10.3. The number of fused-ring (bicyclic) bond motifs is 1. The number of aldehydes is 1. The van der Waals surface area contributed by atoms with Crippen molar-refractivity contribution in [2.24, 2.45) is 7.05 Å². The van der Waals surface area contributed by atoms with Gasteiger partial charge in [0.15, 0.2) is 6.29 Å². The highest BCUT2D eigenvalue weighted by Gasteiger charge is 2.14. The molecule has 0 saturated carbocycles. The van der Waals surface area contributed by atoms with Crippen LogP contribution in [-0.4, -0.2) is 10.9 Å². The lowest BCUT2D eigenvalue weighted by Crippen LogP contribution is -1.89. The predicted octanol–water partition coefficient (Wildman–Crippen LogP) is 2.78. The lowest BCUT2D eigenvalue weighted by atomic mass is 10.2. The second kappa shape index (κ2) is 3.10. The SMILES string of the molecule is Cn1c(Cl)c(C=O)c2cccc(F)c21. The van der Waals surface area contributed by atoms with E-state index in [0.29, 0.717) is 22.8 Å². The van der Waals surface area contributed by atoms with E-state index >= 15 is 0 Å². The lowest BCUT2D eigenvalue weighted by molar-refractivity contribution is 0.112. The van der Waals surface area contributed by atoms with E-state index in [1.807, 2.05) is 0 Å². The molecule has 1 aromatic carbocycles. The molecule has 0 aliphatic carbocycles. The van der Waals surface area contributed by atoms with Crippen LogP contribution in [0.25, 0.3) is 10.9 Å². The highest BCUT2D eigenvalue weighted by molar-refractivity contribution is 6.34. The first-order valence-electron chi connectivity index (χ1n) is 4.04. The van der Waals surface area contributed by atoms with Crippen molar-refractivity contribution < 1.29 is 9.18 Å². The van der Waals surface area contributed by atoms with E-state index < -0.39 is 0 Å². The van der Waals surface area contributed by atoms with Gasteiger partial charge < -0.3 is 4.57 Å². The smallest absolute Gasteiger partial charge is 0.153 e. The van der Waals surface area contributed by atoms with Gasteiger partial charge in [-0.1, -0.05) is 23.7 Å². The van der Waals surface area contributed by atoms with Crippen LogP contribution in [0.4, 0.5) is 4.39 Å². The molecule has 0 aliphatic heterocycles. The van der Waals surface area contributed by atoms with Crippen molar-refractivity contribution in [3.63, 3.8) is 0 Å². The third kappa shape index (κ3) is 1.06. The zero-order valence-electron chi connectivity index (χ0n) is 7.42. The molecule has 14 heavy (non-hydrogen) atoms. The standard InChI is InChI=1S/C10H7ClFNO/c1-13-9-6(3-2-4-8(9)12)7(5-14)10(13)11/h2-5H,1H3. The summed E-state index contributed by atoms with van der Waals surface area (Å²) in [5, 5.41) is 0.813. The highest BCUT2D eigenvalue weighted by atomic mass is 35.5. The molecule has 1 heterocycles. The van der Waals surface area contributed by atoms with Gasteiger partial charge in [0.1, 0.15) is 11.0 Å². The van der Waals surface area contributed by atoms with Crippen LogP contribution in [0, 0.1) is 5.82 Å². The van der Waals surface area contributed by atoms with Crippen LogP contribution in [-0.2, 0) is 7.05 Å². The van der Waals surface area contributed by atoms with Crippen LogP contribution in [0.5, 0.6) is 0 Å². The van der Waals surface area contributed by atoms with Gasteiger partial charge in [0.2, 0.25) is 0 Å². The summed E-state index contributed by atoms with van der Waals surface area (Å²) in [4.78, 5) is 10.7. The number of halogens is 2. The molecule has 0 fully saturated rings. The first kappa shape index (κ1) is 9.21. The fraction of sp³-hybridized carbons (Fsp3) is 0.100. The van der Waals surface area contributed by atoms with E-state index in [0.717, 1.165) is 0 Å². The molecule has 0 aliphatic rings. The first-order valence-corrected chi connectivity index (χ1v) is 4.42. The number of aromatic nitrogens is 1. The summed E-state index contributed by atoms with van der Waals surface area (Å²) in [6.07, 6.45) is 0.643. The van der Waals surface area contributed by atoms with Crippen molar-refractivity contribution in [2.75, 3.05) is 0 Å². The Morgan fingerprint density at radius 2 is 2.21 bits per heavy atom. The predicted molar refractivity (Wildman–Crippen MR) is 53.3 cm³/mol. The average molecular weight is 212 g/mol. The number of aryl methyl sites for hydroxylation is 1. The number of benzene rings is 1. The van der Waals surface area contributed by atoms with Gasteiger partial charge in [0.05, 0.1) is 11.1 Å². The molecule has 0 N–H and O–H groups in total. The van der Waals surface area contributed by atoms with Crippen molar-refractivity contribution in [1.29, 1.82) is 0 Å². The van der Waals surface area contributed by atoms with Gasteiger partial charge >= 0.3 is 0 Å². The van der Waals surface area contributed by atoms with Crippen LogP contribution in [0.15, 0.2) is 18.2 Å². The molecular weight excluding hydrogens is 205 g/mol. The average Bonchev–Trinajstić information content (AvgIpc) is 2.41. The van der Waals surface area contributed by atoms with Gasteiger partial charge in [-0.3, -0.25) is 4.79 Å². The highest BCUT2D eigenvalue weighted by Crippen LogP contribution is 2.29. The summed E-state index contributed by atoms with van der Waals surface area (Å²) < 4.78 is 14.8. The Hall–Kier alpha value is -1.35. The topological polar surface area (TPSA) is 22.0 Å². The van der Waals surface area contributed by atoms with E-state index in [2.05, 4.69) is 0 Å². The summed E-state index contributed by atoms with van der Waals surface area (Å²) in [5.41, 5.74) is 0.697.